The summed E-state index contributed by atoms with van der Waals surface area (Å²) in [6.45, 7) is 0. The lowest BCUT2D eigenvalue weighted by molar-refractivity contribution is 0.160. The molecule has 5 heteroatoms. The molecule has 110 valence electrons. The molecule has 3 nitrogen and oxygen atoms in total. The maximum atomic E-state index is 13.6. The molecule has 21 heavy (non-hydrogen) atoms. The summed E-state index contributed by atoms with van der Waals surface area (Å²) in [5, 5.41) is 0.0981. The lowest BCUT2D eigenvalue weighted by atomic mass is 9.93. The molecule has 0 fully saturated rings. The van der Waals surface area contributed by atoms with Gasteiger partial charge in [0.05, 0.1) is 12.1 Å². The van der Waals surface area contributed by atoms with E-state index >= 15 is 0 Å². The van der Waals surface area contributed by atoms with E-state index in [9.17, 15) is 4.39 Å². The maximum Gasteiger partial charge on any atom is 0.142 e. The summed E-state index contributed by atoms with van der Waals surface area (Å²) in [5.41, 5.74) is 7.85. The van der Waals surface area contributed by atoms with E-state index in [4.69, 9.17) is 26.8 Å². The number of halogens is 2. The van der Waals surface area contributed by atoms with Crippen molar-refractivity contribution in [3.05, 3.63) is 58.4 Å². The van der Waals surface area contributed by atoms with Gasteiger partial charge < -0.3 is 15.2 Å². The summed E-state index contributed by atoms with van der Waals surface area (Å²) in [6, 6.07) is 10.1. The highest BCUT2D eigenvalue weighted by molar-refractivity contribution is 6.30. The number of methoxy groups -OCH3 is 1. The van der Waals surface area contributed by atoms with Gasteiger partial charge in [0, 0.05) is 24.1 Å². The van der Waals surface area contributed by atoms with E-state index in [2.05, 4.69) is 0 Å². The van der Waals surface area contributed by atoms with Crippen molar-refractivity contribution in [3.63, 3.8) is 0 Å². The Morgan fingerprint density at radius 1 is 1.29 bits per heavy atom. The topological polar surface area (TPSA) is 44.5 Å². The molecule has 2 N–H and O–H groups in total. The minimum atomic E-state index is -0.456. The van der Waals surface area contributed by atoms with Crippen LogP contribution < -0.4 is 15.2 Å². The normalized spacial score (nSPS) is 20.6. The number of benzene rings is 2. The van der Waals surface area contributed by atoms with Crippen molar-refractivity contribution in [3.8, 4) is 11.5 Å². The van der Waals surface area contributed by atoms with Crippen LogP contribution in [0.3, 0.4) is 0 Å². The molecule has 3 rings (SSSR count). The predicted molar refractivity (Wildman–Crippen MR) is 79.3 cm³/mol. The second-order valence-corrected chi connectivity index (χ2v) is 5.43. The molecule has 0 saturated heterocycles. The molecule has 0 spiro atoms. The van der Waals surface area contributed by atoms with E-state index < -0.39 is 5.82 Å². The molecule has 1 unspecified atom stereocenters. The highest BCUT2D eigenvalue weighted by Crippen LogP contribution is 2.41. The Morgan fingerprint density at radius 2 is 2.10 bits per heavy atom. The lowest BCUT2D eigenvalue weighted by Crippen LogP contribution is -2.24. The molecule has 1 heterocycles. The number of nitrogens with two attached hydrogens (primary N) is 1. The van der Waals surface area contributed by atoms with Gasteiger partial charge in [-0.2, -0.15) is 0 Å². The van der Waals surface area contributed by atoms with Crippen LogP contribution in [0.25, 0.3) is 0 Å². The summed E-state index contributed by atoms with van der Waals surface area (Å²) in [6.07, 6.45) is 0.284. The Morgan fingerprint density at radius 3 is 2.81 bits per heavy atom. The second kappa shape index (κ2) is 5.54. The zero-order valence-corrected chi connectivity index (χ0v) is 12.2. The van der Waals surface area contributed by atoms with Gasteiger partial charge in [-0.05, 0) is 23.8 Å². The van der Waals surface area contributed by atoms with Crippen LogP contribution in [0.15, 0.2) is 36.4 Å². The first-order valence-corrected chi connectivity index (χ1v) is 7.01. The zero-order valence-electron chi connectivity index (χ0n) is 11.5. The zero-order chi connectivity index (χ0) is 15.0. The van der Waals surface area contributed by atoms with Gasteiger partial charge in [0.1, 0.15) is 23.4 Å². The molecule has 0 radical (unpaired) electrons. The van der Waals surface area contributed by atoms with Crippen LogP contribution in [-0.4, -0.2) is 7.11 Å². The van der Waals surface area contributed by atoms with Crippen molar-refractivity contribution in [1.82, 2.24) is 0 Å². The summed E-state index contributed by atoms with van der Waals surface area (Å²) in [5.74, 6) is 0.917. The quantitative estimate of drug-likeness (QED) is 0.911. The van der Waals surface area contributed by atoms with Crippen molar-refractivity contribution in [2.45, 2.75) is 18.6 Å². The third-order valence-electron chi connectivity index (χ3n) is 3.67. The average molecular weight is 308 g/mol. The standard InChI is InChI=1S/C16H15ClFNO2/c1-20-10-3-4-11-14(19)8-15(21-16(11)7-10)9-2-5-12(17)13(18)6-9/h2-7,14-15H,8,19H2,1H3/t14-,15?/m0/s1. The van der Waals surface area contributed by atoms with Crippen LogP contribution in [0.4, 0.5) is 4.39 Å². The Labute approximate surface area is 127 Å². The molecule has 2 aromatic carbocycles. The third kappa shape index (κ3) is 2.69. The predicted octanol–water partition coefficient (Wildman–Crippen LogP) is 4.01. The van der Waals surface area contributed by atoms with E-state index in [1.807, 2.05) is 12.1 Å². The van der Waals surface area contributed by atoms with E-state index in [1.54, 1.807) is 19.2 Å². The maximum absolute atomic E-state index is 13.6. The Hall–Kier alpha value is -1.78. The fraction of sp³-hybridized carbons (Fsp3) is 0.250. The van der Waals surface area contributed by atoms with Gasteiger partial charge in [0.15, 0.2) is 0 Å². The first kappa shape index (κ1) is 14.2. The molecular formula is C16H15ClFNO2. The average Bonchev–Trinajstić information content (AvgIpc) is 2.49. The third-order valence-corrected chi connectivity index (χ3v) is 3.98. The van der Waals surface area contributed by atoms with Gasteiger partial charge in [0.25, 0.3) is 0 Å². The first-order chi connectivity index (χ1) is 10.1. The van der Waals surface area contributed by atoms with Gasteiger partial charge in [-0.3, -0.25) is 0 Å². The van der Waals surface area contributed by atoms with Gasteiger partial charge in [-0.15, -0.1) is 0 Å². The minimum Gasteiger partial charge on any atom is -0.497 e. The van der Waals surface area contributed by atoms with Crippen LogP contribution in [0.1, 0.15) is 29.7 Å². The SMILES string of the molecule is COc1ccc2c(c1)OC(c1ccc(Cl)c(F)c1)C[C@@H]2N. The summed E-state index contributed by atoms with van der Waals surface area (Å²) in [7, 11) is 1.59. The molecule has 0 amide bonds. The van der Waals surface area contributed by atoms with Crippen LogP contribution >= 0.6 is 11.6 Å². The number of fused-ring (bicyclic) bond motifs is 1. The van der Waals surface area contributed by atoms with Crippen molar-refractivity contribution < 1.29 is 13.9 Å². The number of ether oxygens (including phenoxy) is 2. The highest BCUT2D eigenvalue weighted by atomic mass is 35.5. The van der Waals surface area contributed by atoms with Crippen LogP contribution in [0.2, 0.25) is 5.02 Å². The van der Waals surface area contributed by atoms with Gasteiger partial charge in [-0.25, -0.2) is 4.39 Å². The molecule has 1 aliphatic rings. The molecule has 2 atom stereocenters. The van der Waals surface area contributed by atoms with Crippen molar-refractivity contribution >= 4 is 11.6 Å². The first-order valence-electron chi connectivity index (χ1n) is 6.63. The number of hydrogen-bond acceptors (Lipinski definition) is 3. The summed E-state index contributed by atoms with van der Waals surface area (Å²) in [4.78, 5) is 0. The highest BCUT2D eigenvalue weighted by Gasteiger charge is 2.27. The second-order valence-electron chi connectivity index (χ2n) is 5.03. The Balaban J connectivity index is 1.94. The fourth-order valence-corrected chi connectivity index (χ4v) is 2.64. The van der Waals surface area contributed by atoms with E-state index in [0.717, 1.165) is 11.1 Å². The van der Waals surface area contributed by atoms with Crippen molar-refractivity contribution in [2.75, 3.05) is 7.11 Å². The van der Waals surface area contributed by atoms with E-state index in [0.29, 0.717) is 17.9 Å². The lowest BCUT2D eigenvalue weighted by Gasteiger charge is -2.30. The van der Waals surface area contributed by atoms with E-state index in [1.165, 1.54) is 12.1 Å². The van der Waals surface area contributed by atoms with Crippen LogP contribution in [0.5, 0.6) is 11.5 Å². The summed E-state index contributed by atoms with van der Waals surface area (Å²) >= 11 is 5.71. The largest absolute Gasteiger partial charge is 0.497 e. The fourth-order valence-electron chi connectivity index (χ4n) is 2.53. The molecule has 1 aliphatic heterocycles. The molecule has 0 aromatic heterocycles. The van der Waals surface area contributed by atoms with Crippen LogP contribution in [0, 0.1) is 5.82 Å². The van der Waals surface area contributed by atoms with Crippen molar-refractivity contribution in [1.29, 1.82) is 0 Å². The van der Waals surface area contributed by atoms with Gasteiger partial charge in [0.2, 0.25) is 0 Å². The number of rotatable bonds is 2. The van der Waals surface area contributed by atoms with Gasteiger partial charge in [-0.1, -0.05) is 23.7 Å². The smallest absolute Gasteiger partial charge is 0.142 e. The Kier molecular flexibility index (Phi) is 3.74. The minimum absolute atomic E-state index is 0.0981. The van der Waals surface area contributed by atoms with E-state index in [-0.39, 0.29) is 17.2 Å². The monoisotopic (exact) mass is 307 g/mol. The van der Waals surface area contributed by atoms with Gasteiger partial charge >= 0.3 is 0 Å². The molecule has 0 bridgehead atoms. The Bertz CT molecular complexity index is 677. The molecule has 0 saturated carbocycles. The van der Waals surface area contributed by atoms with Crippen molar-refractivity contribution in [2.24, 2.45) is 5.73 Å². The number of hydrogen-bond donors (Lipinski definition) is 1. The summed E-state index contributed by atoms with van der Waals surface area (Å²) < 4.78 is 24.8. The molecule has 0 aliphatic carbocycles. The molecule has 2 aromatic rings. The molecular weight excluding hydrogens is 293 g/mol. The van der Waals surface area contributed by atoms with Crippen LogP contribution in [-0.2, 0) is 0 Å².